The zero-order valence-corrected chi connectivity index (χ0v) is 15.0. The maximum Gasteiger partial charge on any atom is 0.193 e. The maximum absolute atomic E-state index is 5.89. The average molecular weight is 429 g/mol. The predicted molar refractivity (Wildman–Crippen MR) is 99.8 cm³/mol. The van der Waals surface area contributed by atoms with Crippen LogP contribution < -0.4 is 20.5 Å². The number of aromatic nitrogens is 2. The molecule has 0 spiro atoms. The molecule has 1 aliphatic heterocycles. The quantitative estimate of drug-likeness (QED) is 0.442. The van der Waals surface area contributed by atoms with E-state index in [-0.39, 0.29) is 24.0 Å². The van der Waals surface area contributed by atoms with E-state index >= 15 is 0 Å². The van der Waals surface area contributed by atoms with Crippen molar-refractivity contribution in [1.82, 2.24) is 9.55 Å². The molecule has 1 aliphatic rings. The van der Waals surface area contributed by atoms with Crippen molar-refractivity contribution in [3.63, 3.8) is 0 Å². The number of hydrogen-bond donors (Lipinski definition) is 2. The summed E-state index contributed by atoms with van der Waals surface area (Å²) in [4.78, 5) is 8.27. The standard InChI is InChI=1S/C15H19N5O2.HI/c16-15(18-5-7-20-6-4-17-11-20)19-12-2-3-13-14(10-12)22-9-1-8-21-13;/h2-4,6,10-11H,1,5,7-9H2,(H3,16,18,19);1H. The highest BCUT2D eigenvalue weighted by molar-refractivity contribution is 14.0. The highest BCUT2D eigenvalue weighted by atomic mass is 127. The van der Waals surface area contributed by atoms with Gasteiger partial charge in [0.2, 0.25) is 0 Å². The summed E-state index contributed by atoms with van der Waals surface area (Å²) in [6, 6.07) is 5.65. The molecule has 0 bridgehead atoms. The van der Waals surface area contributed by atoms with E-state index in [2.05, 4.69) is 15.3 Å². The molecule has 0 atom stereocenters. The van der Waals surface area contributed by atoms with E-state index in [1.54, 1.807) is 12.5 Å². The van der Waals surface area contributed by atoms with Gasteiger partial charge < -0.3 is 25.1 Å². The molecule has 2 heterocycles. The summed E-state index contributed by atoms with van der Waals surface area (Å²) in [6.45, 7) is 2.66. The van der Waals surface area contributed by atoms with Crippen molar-refractivity contribution in [3.8, 4) is 11.5 Å². The van der Waals surface area contributed by atoms with E-state index in [4.69, 9.17) is 15.2 Å². The number of benzene rings is 1. The fourth-order valence-electron chi connectivity index (χ4n) is 2.13. The Hall–Kier alpha value is -1.97. The van der Waals surface area contributed by atoms with Crippen LogP contribution in [0.25, 0.3) is 0 Å². The Kier molecular flexibility index (Phi) is 6.51. The van der Waals surface area contributed by atoms with E-state index in [0.717, 1.165) is 30.2 Å². The molecule has 0 aliphatic carbocycles. The summed E-state index contributed by atoms with van der Waals surface area (Å²) in [5.41, 5.74) is 6.72. The molecule has 2 aromatic rings. The number of hydrogen-bond acceptors (Lipinski definition) is 4. The first kappa shape index (κ1) is 17.4. The van der Waals surface area contributed by atoms with Crippen molar-refractivity contribution in [1.29, 1.82) is 0 Å². The molecular formula is C15H20IN5O2. The molecule has 0 saturated carbocycles. The Morgan fingerprint density at radius 1 is 1.30 bits per heavy atom. The highest BCUT2D eigenvalue weighted by Crippen LogP contribution is 2.32. The molecule has 3 rings (SSSR count). The fourth-order valence-corrected chi connectivity index (χ4v) is 2.13. The molecule has 0 fully saturated rings. The maximum atomic E-state index is 5.89. The number of anilines is 1. The van der Waals surface area contributed by atoms with Gasteiger partial charge in [-0.3, -0.25) is 4.99 Å². The molecule has 0 amide bonds. The van der Waals surface area contributed by atoms with E-state index in [1.165, 1.54) is 0 Å². The summed E-state index contributed by atoms with van der Waals surface area (Å²) >= 11 is 0. The third-order valence-electron chi connectivity index (χ3n) is 3.22. The van der Waals surface area contributed by atoms with Crippen molar-refractivity contribution in [2.24, 2.45) is 10.7 Å². The second kappa shape index (κ2) is 8.61. The van der Waals surface area contributed by atoms with Crippen LogP contribution in [-0.4, -0.2) is 35.3 Å². The van der Waals surface area contributed by atoms with E-state index in [1.807, 2.05) is 29.0 Å². The molecule has 1 aromatic carbocycles. The average Bonchev–Trinajstić information content (AvgIpc) is 2.91. The van der Waals surface area contributed by atoms with Crippen molar-refractivity contribution in [2.45, 2.75) is 13.0 Å². The van der Waals surface area contributed by atoms with Crippen LogP contribution in [0.2, 0.25) is 0 Å². The number of guanidine groups is 1. The van der Waals surface area contributed by atoms with Gasteiger partial charge in [-0.1, -0.05) is 0 Å². The van der Waals surface area contributed by atoms with Crippen molar-refractivity contribution < 1.29 is 9.47 Å². The lowest BCUT2D eigenvalue weighted by molar-refractivity contribution is 0.297. The summed E-state index contributed by atoms with van der Waals surface area (Å²) in [5.74, 6) is 1.86. The van der Waals surface area contributed by atoms with Crippen LogP contribution in [-0.2, 0) is 6.54 Å². The Labute approximate surface area is 151 Å². The van der Waals surface area contributed by atoms with Crippen molar-refractivity contribution in [3.05, 3.63) is 36.9 Å². The summed E-state index contributed by atoms with van der Waals surface area (Å²) in [6.07, 6.45) is 6.27. The van der Waals surface area contributed by atoms with Gasteiger partial charge in [-0.05, 0) is 12.1 Å². The summed E-state index contributed by atoms with van der Waals surface area (Å²) in [5, 5.41) is 3.06. The predicted octanol–water partition coefficient (Wildman–Crippen LogP) is 2.09. The summed E-state index contributed by atoms with van der Waals surface area (Å²) < 4.78 is 13.2. The number of fused-ring (bicyclic) bond motifs is 1. The molecule has 0 radical (unpaired) electrons. The number of aliphatic imine (C=N–C) groups is 1. The van der Waals surface area contributed by atoms with Gasteiger partial charge >= 0.3 is 0 Å². The molecule has 124 valence electrons. The number of nitrogens with zero attached hydrogens (tertiary/aromatic N) is 3. The summed E-state index contributed by atoms with van der Waals surface area (Å²) in [7, 11) is 0. The van der Waals surface area contributed by atoms with Crippen LogP contribution in [0.4, 0.5) is 5.69 Å². The minimum atomic E-state index is 0. The van der Waals surface area contributed by atoms with E-state index < -0.39 is 0 Å². The van der Waals surface area contributed by atoms with Gasteiger partial charge in [-0.2, -0.15) is 0 Å². The first-order valence-corrected chi connectivity index (χ1v) is 7.23. The fraction of sp³-hybridized carbons (Fsp3) is 0.333. The first-order chi connectivity index (χ1) is 10.8. The van der Waals surface area contributed by atoms with Crippen LogP contribution in [0.1, 0.15) is 6.42 Å². The van der Waals surface area contributed by atoms with Crippen molar-refractivity contribution in [2.75, 3.05) is 25.1 Å². The largest absolute Gasteiger partial charge is 0.490 e. The lowest BCUT2D eigenvalue weighted by Gasteiger charge is -2.10. The molecule has 1 aromatic heterocycles. The topological polar surface area (TPSA) is 86.7 Å². The van der Waals surface area contributed by atoms with Gasteiger partial charge in [-0.15, -0.1) is 24.0 Å². The van der Waals surface area contributed by atoms with Gasteiger partial charge in [0.1, 0.15) is 0 Å². The zero-order chi connectivity index (χ0) is 15.2. The van der Waals surface area contributed by atoms with Gasteiger partial charge in [0.15, 0.2) is 17.5 Å². The van der Waals surface area contributed by atoms with Gasteiger partial charge in [0.05, 0.1) is 26.1 Å². The number of nitrogens with one attached hydrogen (secondary N) is 1. The monoisotopic (exact) mass is 429 g/mol. The van der Waals surface area contributed by atoms with Gasteiger partial charge in [0.25, 0.3) is 0 Å². The second-order valence-corrected chi connectivity index (χ2v) is 4.90. The molecule has 0 saturated heterocycles. The smallest absolute Gasteiger partial charge is 0.193 e. The first-order valence-electron chi connectivity index (χ1n) is 7.23. The van der Waals surface area contributed by atoms with Crippen LogP contribution in [0.15, 0.2) is 41.9 Å². The zero-order valence-electron chi connectivity index (χ0n) is 12.6. The third kappa shape index (κ3) is 5.02. The molecule has 0 unspecified atom stereocenters. The Bertz CT molecular complexity index is 645. The number of halogens is 1. The normalized spacial score (nSPS) is 13.8. The minimum Gasteiger partial charge on any atom is -0.490 e. The van der Waals surface area contributed by atoms with Crippen LogP contribution in [0.5, 0.6) is 11.5 Å². The second-order valence-electron chi connectivity index (χ2n) is 4.90. The number of imidazole rings is 1. The highest BCUT2D eigenvalue weighted by Gasteiger charge is 2.10. The van der Waals surface area contributed by atoms with Gasteiger partial charge in [-0.25, -0.2) is 4.98 Å². The van der Waals surface area contributed by atoms with E-state index in [9.17, 15) is 0 Å². The van der Waals surface area contributed by atoms with E-state index in [0.29, 0.717) is 25.7 Å². The van der Waals surface area contributed by atoms with Crippen LogP contribution >= 0.6 is 24.0 Å². The lowest BCUT2D eigenvalue weighted by Crippen LogP contribution is -2.23. The Morgan fingerprint density at radius 2 is 2.13 bits per heavy atom. The molecule has 7 nitrogen and oxygen atoms in total. The SMILES string of the molecule is I.NC(=NCCn1ccnc1)Nc1ccc2c(c1)OCCCO2. The molecule has 8 heteroatoms. The number of rotatable bonds is 4. The molecule has 3 N–H and O–H groups in total. The minimum absolute atomic E-state index is 0. The Balaban J connectivity index is 0.00000192. The van der Waals surface area contributed by atoms with Crippen LogP contribution in [0, 0.1) is 0 Å². The Morgan fingerprint density at radius 3 is 2.91 bits per heavy atom. The van der Waals surface area contributed by atoms with Crippen molar-refractivity contribution >= 4 is 35.6 Å². The molecule has 23 heavy (non-hydrogen) atoms. The number of nitrogens with two attached hydrogens (primary N) is 1. The number of ether oxygens (including phenoxy) is 2. The van der Waals surface area contributed by atoms with Crippen LogP contribution in [0.3, 0.4) is 0 Å². The molecular weight excluding hydrogens is 409 g/mol. The lowest BCUT2D eigenvalue weighted by atomic mass is 10.3. The van der Waals surface area contributed by atoms with Gasteiger partial charge in [0, 0.05) is 37.1 Å². The third-order valence-corrected chi connectivity index (χ3v) is 3.22.